The molecule has 1 amide bonds. The third kappa shape index (κ3) is 5.90. The summed E-state index contributed by atoms with van der Waals surface area (Å²) < 4.78 is 55.9. The van der Waals surface area contributed by atoms with Crippen LogP contribution in [0.4, 0.5) is 18.9 Å². The fourth-order valence-electron chi connectivity index (χ4n) is 3.85. The molecule has 0 fully saturated rings. The van der Waals surface area contributed by atoms with E-state index in [2.05, 4.69) is 0 Å². The topological polar surface area (TPSA) is 82.1 Å². The highest BCUT2D eigenvalue weighted by Gasteiger charge is 2.45. The molecule has 0 bridgehead atoms. The molecule has 10 heteroatoms. The number of carbonyl (C=O) groups excluding carboxylic acids is 3. The Morgan fingerprint density at radius 2 is 1.88 bits per heavy atom. The van der Waals surface area contributed by atoms with Crippen molar-refractivity contribution in [2.24, 2.45) is 0 Å². The molecule has 1 heterocycles. The van der Waals surface area contributed by atoms with E-state index in [0.717, 1.165) is 5.57 Å². The maximum absolute atomic E-state index is 13.4. The predicted octanol–water partition coefficient (Wildman–Crippen LogP) is 4.81. The lowest BCUT2D eigenvalue weighted by atomic mass is 9.92. The van der Waals surface area contributed by atoms with Crippen molar-refractivity contribution in [1.82, 2.24) is 0 Å². The third-order valence-electron chi connectivity index (χ3n) is 5.57. The Bertz CT molecular complexity index is 984. The molecular weight excluding hydrogens is 455 g/mol. The van der Waals surface area contributed by atoms with Gasteiger partial charge in [0.25, 0.3) is 0 Å². The smallest absolute Gasteiger partial charge is 0.471 e. The number of nitrogens with zero attached hydrogens (tertiary/aromatic N) is 1. The summed E-state index contributed by atoms with van der Waals surface area (Å²) in [5.74, 6) is -2.92. The van der Waals surface area contributed by atoms with E-state index < -0.39 is 18.1 Å². The van der Waals surface area contributed by atoms with E-state index in [1.54, 1.807) is 19.9 Å². The number of hydrogen-bond acceptors (Lipinski definition) is 6. The number of rotatable bonds is 10. The van der Waals surface area contributed by atoms with Crippen LogP contribution in [-0.4, -0.2) is 44.3 Å². The molecule has 0 aromatic heterocycles. The quantitative estimate of drug-likeness (QED) is 0.349. The maximum atomic E-state index is 13.4. The molecule has 0 spiro atoms. The van der Waals surface area contributed by atoms with Crippen LogP contribution in [0.1, 0.15) is 67.1 Å². The average molecular weight is 485 g/mol. The molecule has 1 aromatic rings. The number of methoxy groups -OCH3 is 1. The van der Waals surface area contributed by atoms with Crippen LogP contribution in [0, 0.1) is 6.92 Å². The van der Waals surface area contributed by atoms with Crippen molar-refractivity contribution in [3.63, 3.8) is 0 Å². The van der Waals surface area contributed by atoms with Gasteiger partial charge in [-0.2, -0.15) is 13.2 Å². The van der Waals surface area contributed by atoms with Crippen molar-refractivity contribution in [1.29, 1.82) is 0 Å². The van der Waals surface area contributed by atoms with Crippen molar-refractivity contribution in [2.45, 2.75) is 66.2 Å². The van der Waals surface area contributed by atoms with Gasteiger partial charge in [0.1, 0.15) is 12.4 Å². The summed E-state index contributed by atoms with van der Waals surface area (Å²) in [5, 5.41) is 0. The first-order chi connectivity index (χ1) is 16.0. The van der Waals surface area contributed by atoms with Crippen LogP contribution in [-0.2, 0) is 32.1 Å². The second-order valence-electron chi connectivity index (χ2n) is 7.94. The summed E-state index contributed by atoms with van der Waals surface area (Å²) in [6, 6.07) is 0. The van der Waals surface area contributed by atoms with Crippen molar-refractivity contribution < 1.29 is 41.8 Å². The van der Waals surface area contributed by atoms with Gasteiger partial charge in [0.05, 0.1) is 25.0 Å². The lowest BCUT2D eigenvalue weighted by Gasteiger charge is -2.28. The van der Waals surface area contributed by atoms with Crippen molar-refractivity contribution >= 4 is 23.5 Å². The van der Waals surface area contributed by atoms with Gasteiger partial charge in [-0.05, 0) is 45.6 Å². The highest BCUT2D eigenvalue weighted by atomic mass is 19.4. The van der Waals surface area contributed by atoms with Crippen LogP contribution < -0.4 is 9.64 Å². The molecule has 1 aliphatic rings. The van der Waals surface area contributed by atoms with E-state index in [0.29, 0.717) is 35.5 Å². The summed E-state index contributed by atoms with van der Waals surface area (Å²) >= 11 is 0. The highest BCUT2D eigenvalue weighted by Crippen LogP contribution is 2.44. The van der Waals surface area contributed by atoms with E-state index in [1.807, 2.05) is 6.92 Å². The minimum Gasteiger partial charge on any atom is -0.496 e. The monoisotopic (exact) mass is 485 g/mol. The zero-order valence-electron chi connectivity index (χ0n) is 20.1. The summed E-state index contributed by atoms with van der Waals surface area (Å²) in [5.41, 5.74) is 1.82. The summed E-state index contributed by atoms with van der Waals surface area (Å²) in [7, 11) is 1.38. The predicted molar refractivity (Wildman–Crippen MR) is 119 cm³/mol. The van der Waals surface area contributed by atoms with Gasteiger partial charge in [-0.25, -0.2) is 4.79 Å². The Labute approximate surface area is 196 Å². The first kappa shape index (κ1) is 27.2. The van der Waals surface area contributed by atoms with Crippen LogP contribution in [0.15, 0.2) is 11.6 Å². The average Bonchev–Trinajstić information content (AvgIpc) is 3.17. The maximum Gasteiger partial charge on any atom is 0.471 e. The Morgan fingerprint density at radius 1 is 1.21 bits per heavy atom. The molecule has 0 radical (unpaired) electrons. The zero-order chi connectivity index (χ0) is 25.6. The number of alkyl halides is 3. The molecule has 1 aromatic carbocycles. The summed E-state index contributed by atoms with van der Waals surface area (Å²) in [6.07, 6.45) is -2.04. The van der Waals surface area contributed by atoms with E-state index in [4.69, 9.17) is 14.2 Å². The van der Waals surface area contributed by atoms with Crippen LogP contribution in [0.5, 0.6) is 5.75 Å². The molecule has 0 atom stereocenters. The lowest BCUT2D eigenvalue weighted by Crippen LogP contribution is -2.42. The third-order valence-corrected chi connectivity index (χ3v) is 5.57. The highest BCUT2D eigenvalue weighted by molar-refractivity contribution is 6.08. The molecule has 2 rings (SSSR count). The number of cyclic esters (lactones) is 1. The molecule has 1 aliphatic heterocycles. The largest absolute Gasteiger partial charge is 0.496 e. The molecule has 0 aliphatic carbocycles. The number of anilines is 1. The number of carbonyl (C=O) groups is 3. The molecule has 0 unspecified atom stereocenters. The number of benzene rings is 1. The molecular formula is C24H30F3NO6. The molecule has 0 saturated carbocycles. The van der Waals surface area contributed by atoms with Crippen LogP contribution in [0.3, 0.4) is 0 Å². The second kappa shape index (κ2) is 11.4. The minimum atomic E-state index is -5.13. The number of hydrogen-bond donors (Lipinski definition) is 0. The van der Waals surface area contributed by atoms with Crippen LogP contribution >= 0.6 is 0 Å². The van der Waals surface area contributed by atoms with Gasteiger partial charge in [0, 0.05) is 24.1 Å². The zero-order valence-corrected chi connectivity index (χ0v) is 20.1. The van der Waals surface area contributed by atoms with Gasteiger partial charge in [0.2, 0.25) is 0 Å². The fraction of sp³-hybridized carbons (Fsp3) is 0.542. The van der Waals surface area contributed by atoms with Crippen molar-refractivity contribution in [2.75, 3.05) is 25.2 Å². The van der Waals surface area contributed by atoms with Gasteiger partial charge in [-0.3, -0.25) is 9.59 Å². The number of ether oxygens (including phenoxy) is 3. The SMILES string of the molecule is CCCOC(=O)CCC(C)=CCc1c(OC)c(C)c2c(c1N(CC)C(=O)C(F)(F)F)C(=O)OC2. The van der Waals surface area contributed by atoms with E-state index in [-0.39, 0.29) is 54.5 Å². The first-order valence-electron chi connectivity index (χ1n) is 11.1. The van der Waals surface area contributed by atoms with Crippen LogP contribution in [0.25, 0.3) is 0 Å². The Morgan fingerprint density at radius 3 is 2.44 bits per heavy atom. The molecule has 0 N–H and O–H groups in total. The Kier molecular flexibility index (Phi) is 9.12. The molecule has 188 valence electrons. The van der Waals surface area contributed by atoms with Crippen molar-refractivity contribution in [3.8, 4) is 5.75 Å². The fourth-order valence-corrected chi connectivity index (χ4v) is 3.85. The number of amides is 1. The second-order valence-corrected chi connectivity index (χ2v) is 7.94. The number of esters is 2. The normalized spacial score (nSPS) is 13.4. The summed E-state index contributed by atoms with van der Waals surface area (Å²) in [4.78, 5) is 37.1. The minimum absolute atomic E-state index is 0.0538. The van der Waals surface area contributed by atoms with Gasteiger partial charge in [-0.15, -0.1) is 0 Å². The molecule has 7 nitrogen and oxygen atoms in total. The number of allylic oxidation sites excluding steroid dienone is 2. The van der Waals surface area contributed by atoms with Crippen molar-refractivity contribution in [3.05, 3.63) is 33.9 Å². The van der Waals surface area contributed by atoms with Crippen LogP contribution in [0.2, 0.25) is 0 Å². The van der Waals surface area contributed by atoms with Gasteiger partial charge < -0.3 is 19.1 Å². The molecule has 34 heavy (non-hydrogen) atoms. The molecule has 0 saturated heterocycles. The Balaban J connectivity index is 2.55. The lowest BCUT2D eigenvalue weighted by molar-refractivity contribution is -0.170. The van der Waals surface area contributed by atoms with E-state index in [1.165, 1.54) is 14.0 Å². The number of halogens is 3. The Hall–Kier alpha value is -3.04. The first-order valence-corrected chi connectivity index (χ1v) is 11.1. The standard InChI is InChI=1S/C24H30F3NO6/c1-6-12-33-18(29)11-9-14(3)8-10-16-20(28(7-2)23(31)24(25,26)27)19-17(13-34-22(19)30)15(4)21(16)32-5/h8H,6-7,9-13H2,1-5H3. The van der Waals surface area contributed by atoms with Gasteiger partial charge in [-0.1, -0.05) is 18.6 Å². The van der Waals surface area contributed by atoms with E-state index >= 15 is 0 Å². The number of fused-ring (bicyclic) bond motifs is 1. The van der Waals surface area contributed by atoms with E-state index in [9.17, 15) is 27.6 Å². The van der Waals surface area contributed by atoms with Gasteiger partial charge >= 0.3 is 24.0 Å². The summed E-state index contributed by atoms with van der Waals surface area (Å²) in [6.45, 7) is 6.67. The van der Waals surface area contributed by atoms with Gasteiger partial charge in [0.15, 0.2) is 0 Å².